The summed E-state index contributed by atoms with van der Waals surface area (Å²) in [5, 5.41) is 5.85. The van der Waals surface area contributed by atoms with Crippen LogP contribution < -0.4 is 15.4 Å². The number of anilines is 1. The van der Waals surface area contributed by atoms with Gasteiger partial charge in [0.2, 0.25) is 0 Å². The molecule has 2 N–H and O–H groups in total. The van der Waals surface area contributed by atoms with Crippen molar-refractivity contribution in [3.05, 3.63) is 59.9 Å². The van der Waals surface area contributed by atoms with E-state index >= 15 is 0 Å². The molecule has 6 nitrogen and oxygen atoms in total. The molecular formula is C30H41FN4O2. The van der Waals surface area contributed by atoms with E-state index < -0.39 is 0 Å². The molecule has 0 spiro atoms. The fourth-order valence-electron chi connectivity index (χ4n) is 5.26. The molecule has 2 amide bonds. The van der Waals surface area contributed by atoms with Gasteiger partial charge in [0, 0.05) is 17.6 Å². The predicted octanol–water partition coefficient (Wildman–Crippen LogP) is 6.77. The number of nitrogens with zero attached hydrogens (tertiary/aromatic N) is 2. The number of hydrogen-bond acceptors (Lipinski definition) is 4. The molecule has 2 fully saturated rings. The smallest absolute Gasteiger partial charge is 0.324 e. The zero-order valence-electron chi connectivity index (χ0n) is 22.4. The molecule has 1 heterocycles. The quantitative estimate of drug-likeness (QED) is 0.320. The summed E-state index contributed by atoms with van der Waals surface area (Å²) in [5.74, 6) is 1.29. The lowest BCUT2D eigenvalue weighted by Gasteiger charge is -2.40. The Morgan fingerprint density at radius 2 is 1.84 bits per heavy atom. The second-order valence-electron chi connectivity index (χ2n) is 11.0. The molecule has 0 radical (unpaired) electrons. The normalized spacial score (nSPS) is 19.0. The molecule has 2 aromatic rings. The number of carbonyl (C=O) groups is 1. The van der Waals surface area contributed by atoms with E-state index in [0.717, 1.165) is 56.9 Å². The van der Waals surface area contributed by atoms with Gasteiger partial charge in [-0.2, -0.15) is 0 Å². The number of aliphatic imine (C=N–C) groups is 1. The lowest BCUT2D eigenvalue weighted by molar-refractivity contribution is 0.154. The molecule has 0 unspecified atom stereocenters. The van der Waals surface area contributed by atoms with E-state index in [9.17, 15) is 9.18 Å². The van der Waals surface area contributed by atoms with Crippen LogP contribution in [0.2, 0.25) is 0 Å². The third-order valence-electron chi connectivity index (χ3n) is 7.41. The zero-order chi connectivity index (χ0) is 26.3. The molecule has 1 aliphatic heterocycles. The number of urea groups is 1. The third kappa shape index (κ3) is 8.03. The Morgan fingerprint density at radius 3 is 2.54 bits per heavy atom. The van der Waals surface area contributed by atoms with Crippen molar-refractivity contribution in [1.29, 1.82) is 0 Å². The Kier molecular flexibility index (Phi) is 9.19. The first kappa shape index (κ1) is 27.1. The molecule has 7 heteroatoms. The van der Waals surface area contributed by atoms with Crippen LogP contribution in [0.4, 0.5) is 14.9 Å². The molecule has 2 aromatic carbocycles. The topological polar surface area (TPSA) is 66.0 Å². The lowest BCUT2D eigenvalue weighted by atomic mass is 9.78. The Labute approximate surface area is 220 Å². The first-order chi connectivity index (χ1) is 17.8. The highest BCUT2D eigenvalue weighted by atomic mass is 19.1. The molecule has 1 saturated heterocycles. The van der Waals surface area contributed by atoms with Crippen LogP contribution in [-0.4, -0.2) is 42.0 Å². The van der Waals surface area contributed by atoms with Gasteiger partial charge in [0.1, 0.15) is 17.4 Å². The fraction of sp³-hybridized carbons (Fsp3) is 0.533. The second kappa shape index (κ2) is 12.5. The number of benzene rings is 2. The van der Waals surface area contributed by atoms with Crippen molar-refractivity contribution in [3.63, 3.8) is 0 Å². The summed E-state index contributed by atoms with van der Waals surface area (Å²) in [4.78, 5) is 20.5. The van der Waals surface area contributed by atoms with Gasteiger partial charge in [-0.15, -0.1) is 0 Å². The van der Waals surface area contributed by atoms with Crippen molar-refractivity contribution in [2.24, 2.45) is 10.4 Å². The van der Waals surface area contributed by atoms with Crippen molar-refractivity contribution in [2.45, 2.75) is 84.4 Å². The Balaban J connectivity index is 1.42. The van der Waals surface area contributed by atoms with Gasteiger partial charge < -0.3 is 10.1 Å². The Bertz CT molecular complexity index is 1070. The predicted molar refractivity (Wildman–Crippen MR) is 148 cm³/mol. The molecule has 1 aliphatic carbocycles. The van der Waals surface area contributed by atoms with Crippen molar-refractivity contribution in [1.82, 2.24) is 10.2 Å². The minimum atomic E-state index is -0.380. The average molecular weight is 509 g/mol. The zero-order valence-corrected chi connectivity index (χ0v) is 22.4. The summed E-state index contributed by atoms with van der Waals surface area (Å²) in [5.41, 5.74) is 1.44. The van der Waals surface area contributed by atoms with Gasteiger partial charge in [0.15, 0.2) is 0 Å². The maximum Gasteiger partial charge on any atom is 0.324 e. The number of likely N-dealkylation sites (tertiary alicyclic amines) is 1. The van der Waals surface area contributed by atoms with Gasteiger partial charge in [-0.25, -0.2) is 9.18 Å². The molecule has 37 heavy (non-hydrogen) atoms. The van der Waals surface area contributed by atoms with E-state index in [-0.39, 0.29) is 29.4 Å². The number of amides is 2. The van der Waals surface area contributed by atoms with Gasteiger partial charge in [-0.1, -0.05) is 44.4 Å². The van der Waals surface area contributed by atoms with Gasteiger partial charge >= 0.3 is 6.03 Å². The van der Waals surface area contributed by atoms with Gasteiger partial charge in [0.05, 0.1) is 12.1 Å². The van der Waals surface area contributed by atoms with Crippen LogP contribution in [-0.2, 0) is 6.54 Å². The maximum atomic E-state index is 13.6. The van der Waals surface area contributed by atoms with Crippen LogP contribution in [0, 0.1) is 11.2 Å². The summed E-state index contributed by atoms with van der Waals surface area (Å²) < 4.78 is 19.5. The van der Waals surface area contributed by atoms with Crippen molar-refractivity contribution in [2.75, 3.05) is 18.4 Å². The molecule has 1 saturated carbocycles. The van der Waals surface area contributed by atoms with Crippen LogP contribution in [0.25, 0.3) is 0 Å². The standard InChI is InChI=1S/C30H41FN4O2/c1-22(2)37-27-14-7-9-23(19-27)21-35-17-15-30(3,16-18-35)28(32-25-11-5-4-6-12-25)34-29(36)33-26-13-8-10-24(31)20-26/h7-10,13-14,19-20,22,25H,4-6,11-12,15-18,21H2,1-3H3,(H2,32,33,34,36). The van der Waals surface area contributed by atoms with Gasteiger partial charge in [0.25, 0.3) is 0 Å². The van der Waals surface area contributed by atoms with E-state index in [4.69, 9.17) is 9.73 Å². The summed E-state index contributed by atoms with van der Waals surface area (Å²) >= 11 is 0. The Morgan fingerprint density at radius 1 is 1.11 bits per heavy atom. The lowest BCUT2D eigenvalue weighted by Crippen LogP contribution is -2.50. The highest BCUT2D eigenvalue weighted by Gasteiger charge is 2.36. The van der Waals surface area contributed by atoms with Crippen molar-refractivity contribution >= 4 is 17.6 Å². The van der Waals surface area contributed by atoms with Crippen LogP contribution in [0.5, 0.6) is 5.75 Å². The van der Waals surface area contributed by atoms with E-state index in [0.29, 0.717) is 5.69 Å². The van der Waals surface area contributed by atoms with Crippen LogP contribution in [0.1, 0.15) is 71.3 Å². The number of carbonyl (C=O) groups excluding carboxylic acids is 1. The number of ether oxygens (including phenoxy) is 1. The molecule has 0 bridgehead atoms. The number of halogens is 1. The number of rotatable bonds is 7. The monoisotopic (exact) mass is 508 g/mol. The number of amidine groups is 1. The number of nitrogens with one attached hydrogen (secondary N) is 2. The highest BCUT2D eigenvalue weighted by molar-refractivity contribution is 6.05. The first-order valence-electron chi connectivity index (χ1n) is 13.7. The highest BCUT2D eigenvalue weighted by Crippen LogP contribution is 2.34. The van der Waals surface area contributed by atoms with E-state index in [2.05, 4.69) is 40.7 Å². The fourth-order valence-corrected chi connectivity index (χ4v) is 5.26. The van der Waals surface area contributed by atoms with E-state index in [1.807, 2.05) is 19.9 Å². The molecular weight excluding hydrogens is 467 g/mol. The minimum absolute atomic E-state index is 0.151. The molecule has 0 atom stereocenters. The maximum absolute atomic E-state index is 13.6. The second-order valence-corrected chi connectivity index (χ2v) is 11.0. The van der Waals surface area contributed by atoms with Crippen LogP contribution >= 0.6 is 0 Å². The van der Waals surface area contributed by atoms with Gasteiger partial charge in [-0.3, -0.25) is 15.2 Å². The van der Waals surface area contributed by atoms with Crippen LogP contribution in [0.15, 0.2) is 53.5 Å². The van der Waals surface area contributed by atoms with Crippen LogP contribution in [0.3, 0.4) is 0 Å². The SMILES string of the molecule is CC(C)Oc1cccc(CN2CCC(C)(C(=NC3CCCCC3)NC(=O)Nc3cccc(F)c3)CC2)c1. The van der Waals surface area contributed by atoms with Crippen molar-refractivity contribution in [3.8, 4) is 5.75 Å². The largest absolute Gasteiger partial charge is 0.491 e. The minimum Gasteiger partial charge on any atom is -0.491 e. The summed E-state index contributed by atoms with van der Waals surface area (Å²) in [6, 6.07) is 14.2. The summed E-state index contributed by atoms with van der Waals surface area (Å²) in [6.45, 7) is 9.00. The molecule has 200 valence electrons. The number of hydrogen-bond donors (Lipinski definition) is 2. The van der Waals surface area contributed by atoms with E-state index in [1.54, 1.807) is 12.1 Å². The van der Waals surface area contributed by atoms with E-state index in [1.165, 1.54) is 37.0 Å². The number of piperidine rings is 1. The third-order valence-corrected chi connectivity index (χ3v) is 7.41. The first-order valence-corrected chi connectivity index (χ1v) is 13.7. The molecule has 4 rings (SSSR count). The summed E-state index contributed by atoms with van der Waals surface area (Å²) in [7, 11) is 0. The molecule has 2 aliphatic rings. The Hall–Kier alpha value is -2.93. The van der Waals surface area contributed by atoms with Gasteiger partial charge in [-0.05, 0) is 88.5 Å². The average Bonchev–Trinajstić information content (AvgIpc) is 2.86. The molecule has 0 aromatic heterocycles. The van der Waals surface area contributed by atoms with Crippen molar-refractivity contribution < 1.29 is 13.9 Å². The summed E-state index contributed by atoms with van der Waals surface area (Å²) in [6.07, 6.45) is 7.70.